The van der Waals surface area contributed by atoms with Crippen LogP contribution < -0.4 is 10.2 Å². The van der Waals surface area contributed by atoms with Gasteiger partial charge >= 0.3 is 0 Å². The molecule has 0 saturated carbocycles. The van der Waals surface area contributed by atoms with Gasteiger partial charge in [0.2, 0.25) is 10.0 Å². The molecule has 156 valence electrons. The van der Waals surface area contributed by atoms with Crippen LogP contribution in [0.4, 0.5) is 0 Å². The molecule has 7 heteroatoms. The SMILES string of the molecule is Cc1ccc(S(=O)(=O)N2CC[NH+](CC(=O)N[C@H](C)c3ccccc3)CC2)c(C)c1. The Hall–Kier alpha value is -2.22. The number of nitrogens with one attached hydrogen (secondary N) is 2. The molecular formula is C22H30N3O3S+. The number of carbonyl (C=O) groups is 1. The Bertz CT molecular complexity index is 953. The average Bonchev–Trinajstić information content (AvgIpc) is 2.68. The summed E-state index contributed by atoms with van der Waals surface area (Å²) in [5.41, 5.74) is 2.89. The topological polar surface area (TPSA) is 70.9 Å². The van der Waals surface area contributed by atoms with E-state index in [9.17, 15) is 13.2 Å². The minimum atomic E-state index is -3.50. The quantitative estimate of drug-likeness (QED) is 0.740. The number of rotatable bonds is 6. The van der Waals surface area contributed by atoms with E-state index in [0.717, 1.165) is 21.6 Å². The lowest BCUT2D eigenvalue weighted by Crippen LogP contribution is -3.15. The lowest BCUT2D eigenvalue weighted by molar-refractivity contribution is -0.895. The van der Waals surface area contributed by atoms with Gasteiger partial charge in [0.1, 0.15) is 0 Å². The average molecular weight is 417 g/mol. The highest BCUT2D eigenvalue weighted by Crippen LogP contribution is 2.20. The van der Waals surface area contributed by atoms with Gasteiger partial charge in [-0.3, -0.25) is 4.79 Å². The van der Waals surface area contributed by atoms with Crippen LogP contribution in [0, 0.1) is 13.8 Å². The van der Waals surface area contributed by atoms with Crippen molar-refractivity contribution in [3.8, 4) is 0 Å². The van der Waals surface area contributed by atoms with Crippen molar-refractivity contribution in [1.82, 2.24) is 9.62 Å². The summed E-state index contributed by atoms with van der Waals surface area (Å²) in [5.74, 6) is -0.0120. The van der Waals surface area contributed by atoms with Crippen LogP contribution in [0.1, 0.15) is 29.7 Å². The van der Waals surface area contributed by atoms with Crippen LogP contribution in [-0.4, -0.2) is 51.4 Å². The summed E-state index contributed by atoms with van der Waals surface area (Å²) in [6.07, 6.45) is 0. The lowest BCUT2D eigenvalue weighted by Gasteiger charge is -2.31. The van der Waals surface area contributed by atoms with E-state index in [1.807, 2.05) is 63.2 Å². The molecule has 2 aromatic carbocycles. The fraction of sp³-hybridized carbons (Fsp3) is 0.409. The van der Waals surface area contributed by atoms with Crippen LogP contribution in [0.3, 0.4) is 0 Å². The van der Waals surface area contributed by atoms with Crippen LogP contribution in [0.5, 0.6) is 0 Å². The van der Waals surface area contributed by atoms with E-state index in [1.54, 1.807) is 10.4 Å². The van der Waals surface area contributed by atoms with Crippen molar-refractivity contribution in [3.05, 3.63) is 65.2 Å². The minimum absolute atomic E-state index is 0.0120. The number of hydrogen-bond donors (Lipinski definition) is 2. The Morgan fingerprint density at radius 2 is 1.76 bits per heavy atom. The maximum Gasteiger partial charge on any atom is 0.275 e. The van der Waals surface area contributed by atoms with Gasteiger partial charge in [0.05, 0.1) is 37.1 Å². The molecule has 0 unspecified atom stereocenters. The molecule has 1 atom stereocenters. The first-order valence-electron chi connectivity index (χ1n) is 10.0. The molecule has 1 heterocycles. The van der Waals surface area contributed by atoms with Crippen molar-refractivity contribution in [2.75, 3.05) is 32.7 Å². The van der Waals surface area contributed by atoms with E-state index in [2.05, 4.69) is 5.32 Å². The van der Waals surface area contributed by atoms with Gasteiger partial charge in [-0.1, -0.05) is 48.0 Å². The van der Waals surface area contributed by atoms with E-state index in [0.29, 0.717) is 37.6 Å². The van der Waals surface area contributed by atoms with Crippen LogP contribution in [0.2, 0.25) is 0 Å². The number of benzene rings is 2. The van der Waals surface area contributed by atoms with Crippen LogP contribution >= 0.6 is 0 Å². The Balaban J connectivity index is 1.54. The van der Waals surface area contributed by atoms with Gasteiger partial charge in [-0.2, -0.15) is 4.31 Å². The number of quaternary nitrogens is 1. The zero-order chi connectivity index (χ0) is 21.0. The fourth-order valence-corrected chi connectivity index (χ4v) is 5.44. The molecular weight excluding hydrogens is 386 g/mol. The lowest BCUT2D eigenvalue weighted by atomic mass is 10.1. The Morgan fingerprint density at radius 1 is 1.10 bits per heavy atom. The molecule has 0 spiro atoms. The summed E-state index contributed by atoms with van der Waals surface area (Å²) in [7, 11) is -3.50. The van der Waals surface area contributed by atoms with Crippen LogP contribution in [0.15, 0.2) is 53.4 Å². The molecule has 1 aliphatic heterocycles. The molecule has 0 bridgehead atoms. The van der Waals surface area contributed by atoms with Crippen LogP contribution in [-0.2, 0) is 14.8 Å². The summed E-state index contributed by atoms with van der Waals surface area (Å²) in [5, 5.41) is 3.03. The normalized spacial score (nSPS) is 17.1. The number of sulfonamides is 1. The largest absolute Gasteiger partial charge is 0.345 e. The van der Waals surface area contributed by atoms with Gasteiger partial charge in [-0.25, -0.2) is 8.42 Å². The summed E-state index contributed by atoms with van der Waals surface area (Å²) >= 11 is 0. The highest BCUT2D eigenvalue weighted by molar-refractivity contribution is 7.89. The minimum Gasteiger partial charge on any atom is -0.345 e. The van der Waals surface area contributed by atoms with Gasteiger partial charge in [-0.05, 0) is 38.0 Å². The molecule has 29 heavy (non-hydrogen) atoms. The van der Waals surface area contributed by atoms with E-state index < -0.39 is 10.0 Å². The second-order valence-corrected chi connectivity index (χ2v) is 9.71. The Kier molecular flexibility index (Phi) is 6.72. The van der Waals surface area contributed by atoms with Gasteiger partial charge in [0, 0.05) is 0 Å². The number of carbonyl (C=O) groups excluding carboxylic acids is 1. The third-order valence-corrected chi connectivity index (χ3v) is 7.52. The standard InChI is InChI=1S/C22H29N3O3S/c1-17-9-10-21(18(2)15-17)29(27,28)25-13-11-24(12-14-25)16-22(26)23-19(3)20-7-5-4-6-8-20/h4-10,15,19H,11-14,16H2,1-3H3,(H,23,26)/p+1/t19-/m1/s1. The first-order chi connectivity index (χ1) is 13.8. The van der Waals surface area contributed by atoms with Crippen LogP contribution in [0.25, 0.3) is 0 Å². The van der Waals surface area contributed by atoms with Crippen molar-refractivity contribution in [2.24, 2.45) is 0 Å². The van der Waals surface area contributed by atoms with Crippen molar-refractivity contribution in [3.63, 3.8) is 0 Å². The zero-order valence-electron chi connectivity index (χ0n) is 17.3. The summed E-state index contributed by atoms with van der Waals surface area (Å²) in [6.45, 7) is 8.20. The first-order valence-corrected chi connectivity index (χ1v) is 11.5. The molecule has 0 aliphatic carbocycles. The monoisotopic (exact) mass is 416 g/mol. The number of hydrogen-bond acceptors (Lipinski definition) is 3. The molecule has 0 radical (unpaired) electrons. The van der Waals surface area contributed by atoms with Crippen molar-refractivity contribution in [2.45, 2.75) is 31.7 Å². The number of nitrogens with zero attached hydrogens (tertiary/aromatic N) is 1. The number of amides is 1. The maximum atomic E-state index is 13.0. The highest BCUT2D eigenvalue weighted by atomic mass is 32.2. The van der Waals surface area contributed by atoms with Gasteiger partial charge < -0.3 is 10.2 Å². The van der Waals surface area contributed by atoms with Gasteiger partial charge in [0.25, 0.3) is 5.91 Å². The maximum absolute atomic E-state index is 13.0. The molecule has 1 saturated heterocycles. The predicted molar refractivity (Wildman–Crippen MR) is 113 cm³/mol. The number of aryl methyl sites for hydroxylation is 2. The van der Waals surface area contributed by atoms with E-state index in [1.165, 1.54) is 0 Å². The molecule has 0 aromatic heterocycles. The van der Waals surface area contributed by atoms with E-state index in [-0.39, 0.29) is 11.9 Å². The van der Waals surface area contributed by atoms with E-state index >= 15 is 0 Å². The Labute approximate surface area is 173 Å². The van der Waals surface area contributed by atoms with E-state index in [4.69, 9.17) is 0 Å². The molecule has 2 aromatic rings. The van der Waals surface area contributed by atoms with Gasteiger partial charge in [0.15, 0.2) is 6.54 Å². The smallest absolute Gasteiger partial charge is 0.275 e. The van der Waals surface area contributed by atoms with Gasteiger partial charge in [-0.15, -0.1) is 0 Å². The summed E-state index contributed by atoms with van der Waals surface area (Å²) in [6, 6.07) is 15.2. The van der Waals surface area contributed by atoms with Crippen molar-refractivity contribution < 1.29 is 18.1 Å². The third-order valence-electron chi connectivity index (χ3n) is 5.47. The molecule has 2 N–H and O–H groups in total. The molecule has 1 amide bonds. The second kappa shape index (κ2) is 9.07. The van der Waals surface area contributed by atoms with Crippen molar-refractivity contribution in [1.29, 1.82) is 0 Å². The molecule has 1 fully saturated rings. The first kappa shape index (κ1) is 21.5. The second-order valence-electron chi connectivity index (χ2n) is 7.80. The molecule has 6 nitrogen and oxygen atoms in total. The summed E-state index contributed by atoms with van der Waals surface area (Å²) < 4.78 is 27.5. The highest BCUT2D eigenvalue weighted by Gasteiger charge is 2.32. The predicted octanol–water partition coefficient (Wildman–Crippen LogP) is 1.07. The zero-order valence-corrected chi connectivity index (χ0v) is 18.1. The summed E-state index contributed by atoms with van der Waals surface area (Å²) in [4.78, 5) is 13.9. The Morgan fingerprint density at radius 3 is 2.38 bits per heavy atom. The molecule has 3 rings (SSSR count). The van der Waals surface area contributed by atoms with Crippen molar-refractivity contribution >= 4 is 15.9 Å². The number of piperazine rings is 1. The molecule has 1 aliphatic rings. The fourth-order valence-electron chi connectivity index (χ4n) is 3.79. The third kappa shape index (κ3) is 5.23.